The summed E-state index contributed by atoms with van der Waals surface area (Å²) in [5.74, 6) is -1.11. The van der Waals surface area contributed by atoms with E-state index >= 15 is 0 Å². The third kappa shape index (κ3) is 3.77. The quantitative estimate of drug-likeness (QED) is 0.283. The fourth-order valence-corrected chi connectivity index (χ4v) is 8.27. The minimum atomic E-state index is -1.84. The van der Waals surface area contributed by atoms with Gasteiger partial charge in [0.2, 0.25) is 0 Å². The summed E-state index contributed by atoms with van der Waals surface area (Å²) >= 11 is 1.45. The van der Waals surface area contributed by atoms with E-state index < -0.39 is 33.9 Å². The summed E-state index contributed by atoms with van der Waals surface area (Å²) in [7, 11) is 1.50. The van der Waals surface area contributed by atoms with E-state index in [2.05, 4.69) is 0 Å². The van der Waals surface area contributed by atoms with Gasteiger partial charge in [-0.2, -0.15) is 0 Å². The number of hydrogen-bond donors (Lipinski definition) is 1. The maximum absolute atomic E-state index is 14.3. The number of rotatable bonds is 5. The molecule has 0 amide bonds. The van der Waals surface area contributed by atoms with Gasteiger partial charge in [-0.3, -0.25) is 9.59 Å². The topological polar surface area (TPSA) is 89.9 Å². The van der Waals surface area contributed by atoms with Crippen molar-refractivity contribution in [3.8, 4) is 0 Å². The van der Waals surface area contributed by atoms with Crippen molar-refractivity contribution in [2.24, 2.45) is 16.2 Å². The molecule has 0 unspecified atom stereocenters. The van der Waals surface area contributed by atoms with Crippen LogP contribution < -0.4 is 0 Å². The van der Waals surface area contributed by atoms with Crippen LogP contribution in [0.25, 0.3) is 0 Å². The van der Waals surface area contributed by atoms with Gasteiger partial charge in [-0.05, 0) is 60.6 Å². The highest BCUT2D eigenvalue weighted by Gasteiger charge is 2.82. The highest BCUT2D eigenvalue weighted by atomic mass is 32.2. The monoisotopic (exact) mass is 546 g/mol. The molecule has 0 radical (unpaired) electrons. The summed E-state index contributed by atoms with van der Waals surface area (Å²) in [4.78, 5) is 43.0. The van der Waals surface area contributed by atoms with Gasteiger partial charge in [0.1, 0.15) is 28.7 Å². The van der Waals surface area contributed by atoms with Crippen molar-refractivity contribution < 1.29 is 29.0 Å². The molecular formula is C32H34O6S. The van der Waals surface area contributed by atoms with E-state index in [4.69, 9.17) is 9.47 Å². The maximum atomic E-state index is 14.3. The van der Waals surface area contributed by atoms with Crippen LogP contribution in [0.5, 0.6) is 0 Å². The zero-order chi connectivity index (χ0) is 28.1. The number of ether oxygens (including phenoxy) is 2. The third-order valence-electron chi connectivity index (χ3n) is 9.24. The molecule has 0 aromatic heterocycles. The minimum Gasteiger partial charge on any atom is -0.504 e. The lowest BCUT2D eigenvalue weighted by atomic mass is 9.33. The molecule has 2 bridgehead atoms. The Hall–Kier alpha value is -3.16. The van der Waals surface area contributed by atoms with Gasteiger partial charge in [-0.1, -0.05) is 62.0 Å². The molecule has 0 aliphatic heterocycles. The number of methoxy groups -OCH3 is 1. The predicted octanol–water partition coefficient (Wildman–Crippen LogP) is 5.91. The zero-order valence-corrected chi connectivity index (χ0v) is 23.5. The number of hydrogen-bond acceptors (Lipinski definition) is 7. The van der Waals surface area contributed by atoms with E-state index in [1.54, 1.807) is 37.3 Å². The summed E-state index contributed by atoms with van der Waals surface area (Å²) in [6.07, 6.45) is 1.27. The molecule has 4 saturated carbocycles. The van der Waals surface area contributed by atoms with Crippen LogP contribution in [0, 0.1) is 16.2 Å². The number of thioether (sulfide) groups is 1. The molecule has 39 heavy (non-hydrogen) atoms. The molecule has 6 rings (SSSR count). The average molecular weight is 547 g/mol. The van der Waals surface area contributed by atoms with Gasteiger partial charge in [0.25, 0.3) is 0 Å². The Labute approximate surface area is 233 Å². The van der Waals surface area contributed by atoms with Crippen molar-refractivity contribution in [1.29, 1.82) is 0 Å². The van der Waals surface area contributed by atoms with Gasteiger partial charge in [0.15, 0.2) is 0 Å². The van der Waals surface area contributed by atoms with Crippen molar-refractivity contribution in [3.63, 3.8) is 0 Å². The number of aliphatic hydroxyl groups is 1. The highest BCUT2D eigenvalue weighted by Crippen LogP contribution is 2.73. The first-order valence-electron chi connectivity index (χ1n) is 13.2. The van der Waals surface area contributed by atoms with Crippen LogP contribution in [0.4, 0.5) is 0 Å². The van der Waals surface area contributed by atoms with Gasteiger partial charge in [-0.25, -0.2) is 4.79 Å². The largest absolute Gasteiger partial charge is 0.504 e. The molecule has 1 N–H and O–H groups in total. The molecule has 0 saturated heterocycles. The molecule has 204 valence electrons. The van der Waals surface area contributed by atoms with E-state index in [9.17, 15) is 19.5 Å². The summed E-state index contributed by atoms with van der Waals surface area (Å²) in [6, 6.07) is 18.3. The van der Waals surface area contributed by atoms with Gasteiger partial charge >= 0.3 is 5.97 Å². The molecule has 6 nitrogen and oxygen atoms in total. The Kier molecular flexibility index (Phi) is 6.88. The van der Waals surface area contributed by atoms with E-state index in [1.165, 1.54) is 25.1 Å². The molecule has 4 fully saturated rings. The third-order valence-corrected chi connectivity index (χ3v) is 10.1. The lowest BCUT2D eigenvalue weighted by Gasteiger charge is -2.70. The maximum Gasteiger partial charge on any atom is 0.338 e. The normalized spacial score (nSPS) is 33.5. The van der Waals surface area contributed by atoms with Crippen LogP contribution in [0.3, 0.4) is 0 Å². The summed E-state index contributed by atoms with van der Waals surface area (Å²) in [6.45, 7) is 5.54. The number of carbonyl (C=O) groups excluding carboxylic acids is 3. The van der Waals surface area contributed by atoms with E-state index in [1.807, 2.05) is 49.6 Å². The van der Waals surface area contributed by atoms with Gasteiger partial charge in [0.05, 0.1) is 24.4 Å². The summed E-state index contributed by atoms with van der Waals surface area (Å²) in [5.41, 5.74) is -4.27. The van der Waals surface area contributed by atoms with Crippen molar-refractivity contribution in [3.05, 3.63) is 89.0 Å². The Morgan fingerprint density at radius 1 is 0.974 bits per heavy atom. The Morgan fingerprint density at radius 3 is 2.26 bits per heavy atom. The fraction of sp³-hybridized carbons (Fsp3) is 0.406. The number of benzene rings is 2. The molecule has 4 aliphatic carbocycles. The molecule has 0 heterocycles. The van der Waals surface area contributed by atoms with E-state index in [-0.39, 0.29) is 24.4 Å². The van der Waals surface area contributed by atoms with Crippen LogP contribution in [-0.2, 0) is 19.1 Å². The smallest absolute Gasteiger partial charge is 0.338 e. The number of fused-ring (bicyclic) bond motifs is 2. The van der Waals surface area contributed by atoms with Crippen molar-refractivity contribution in [2.45, 2.75) is 63.1 Å². The van der Waals surface area contributed by atoms with Crippen LogP contribution in [-0.4, -0.2) is 41.5 Å². The standard InChI is InChI=1S/C32H34O6S/c1-29(2)24(20-39-23-15-9-6-10-16-23)30(3)26(34)18-31(29,36)28(38-27(35)21-12-7-5-8-13-21)32(30)22(19-37-4)14-11-17-25(32)33/h5-10,12-13,15-16,19-20,28,36H,11,14,17-18H2,1-4H3/b22-19+,24-20+/t28-,30-,31-,32-/m1/s1. The Bertz CT molecular complexity index is 1360. The molecule has 4 atom stereocenters. The van der Waals surface area contributed by atoms with E-state index in [0.29, 0.717) is 29.6 Å². The molecule has 1 spiro atoms. The van der Waals surface area contributed by atoms with Crippen LogP contribution in [0.1, 0.15) is 56.8 Å². The van der Waals surface area contributed by atoms with Gasteiger partial charge in [0, 0.05) is 23.2 Å². The van der Waals surface area contributed by atoms with Gasteiger partial charge in [-0.15, -0.1) is 0 Å². The molecular weight excluding hydrogens is 512 g/mol. The number of Topliss-reactive ketones (excluding diaryl/α,β-unsaturated/α-hetero) is 2. The second-order valence-electron chi connectivity index (χ2n) is 11.4. The summed E-state index contributed by atoms with van der Waals surface area (Å²) in [5, 5.41) is 14.5. The second-order valence-corrected chi connectivity index (χ2v) is 12.3. The number of esters is 1. The minimum absolute atomic E-state index is 0.207. The SMILES string of the molecule is CO/C=C1\CCCC(=O)[C@@]12[C@H](OC(=O)c1ccccc1)[C@]1(O)CC(=O)[C@@]2(C)/C(=C/Sc2ccccc2)C1(C)C. The lowest BCUT2D eigenvalue weighted by molar-refractivity contribution is -0.246. The average Bonchev–Trinajstić information content (AvgIpc) is 2.92. The van der Waals surface area contributed by atoms with Gasteiger partial charge < -0.3 is 14.6 Å². The molecule has 7 heteroatoms. The first kappa shape index (κ1) is 27.4. The highest BCUT2D eigenvalue weighted by molar-refractivity contribution is 8.02. The van der Waals surface area contributed by atoms with Crippen LogP contribution in [0.15, 0.2) is 88.4 Å². The van der Waals surface area contributed by atoms with Crippen molar-refractivity contribution in [2.75, 3.05) is 7.11 Å². The predicted molar refractivity (Wildman–Crippen MR) is 149 cm³/mol. The zero-order valence-electron chi connectivity index (χ0n) is 22.7. The molecule has 4 aliphatic rings. The number of ketones is 2. The first-order chi connectivity index (χ1) is 18.5. The second kappa shape index (κ2) is 9.79. The summed E-state index contributed by atoms with van der Waals surface area (Å²) < 4.78 is 11.7. The lowest BCUT2D eigenvalue weighted by Crippen LogP contribution is -2.80. The van der Waals surface area contributed by atoms with Crippen molar-refractivity contribution >= 4 is 29.3 Å². The molecule has 2 aromatic carbocycles. The van der Waals surface area contributed by atoms with Crippen molar-refractivity contribution in [1.82, 2.24) is 0 Å². The van der Waals surface area contributed by atoms with E-state index in [0.717, 1.165) is 4.90 Å². The number of carbonyl (C=O) groups is 3. The van der Waals surface area contributed by atoms with Crippen LogP contribution >= 0.6 is 11.8 Å². The molecule has 2 aromatic rings. The van der Waals surface area contributed by atoms with Crippen LogP contribution in [0.2, 0.25) is 0 Å². The Balaban J connectivity index is 1.77. The Morgan fingerprint density at radius 2 is 1.62 bits per heavy atom. The first-order valence-corrected chi connectivity index (χ1v) is 14.1. The fourth-order valence-electron chi connectivity index (χ4n) is 7.17.